The van der Waals surface area contributed by atoms with Gasteiger partial charge in [-0.05, 0) is 31.2 Å². The highest BCUT2D eigenvalue weighted by Gasteiger charge is 2.08. The number of pyridine rings is 1. The minimum Gasteiger partial charge on any atom is -0.326 e. The highest BCUT2D eigenvalue weighted by Crippen LogP contribution is 2.16. The molecule has 1 N–H and O–H groups in total. The molecule has 0 saturated carbocycles. The smallest absolute Gasteiger partial charge is 0.259 e. The second-order valence-corrected chi connectivity index (χ2v) is 4.12. The molecule has 1 aromatic carbocycles. The van der Waals surface area contributed by atoms with Crippen molar-refractivity contribution in [1.29, 1.82) is 0 Å². The Labute approximate surface area is 102 Å². The van der Waals surface area contributed by atoms with E-state index in [4.69, 9.17) is 0 Å². The summed E-state index contributed by atoms with van der Waals surface area (Å²) in [5, 5.41) is 4.63. The van der Waals surface area contributed by atoms with E-state index in [1.165, 1.54) is 18.3 Å². The van der Waals surface area contributed by atoms with Crippen LogP contribution >= 0.6 is 0 Å². The Morgan fingerprint density at radius 3 is 2.94 bits per heavy atom. The Bertz CT molecular complexity index is 788. The quantitative estimate of drug-likeness (QED) is 0.712. The number of aryl methyl sites for hydroxylation is 1. The van der Waals surface area contributed by atoms with Gasteiger partial charge in [0.15, 0.2) is 0 Å². The van der Waals surface area contributed by atoms with Crippen LogP contribution in [0.5, 0.6) is 0 Å². The number of aromatic nitrogens is 3. The van der Waals surface area contributed by atoms with Crippen LogP contribution in [-0.4, -0.2) is 14.8 Å². The second-order valence-electron chi connectivity index (χ2n) is 4.12. The molecule has 0 amide bonds. The van der Waals surface area contributed by atoms with Crippen molar-refractivity contribution >= 4 is 10.9 Å². The van der Waals surface area contributed by atoms with Crippen molar-refractivity contribution in [2.45, 2.75) is 6.92 Å². The number of fused-ring (bicyclic) bond motifs is 1. The standard InChI is InChI=1S/C13H10FN3O/c1-8-5-12-11(13(18)16-8)7-15-17(12)10-4-2-3-9(14)6-10/h2-7H,1H3,(H,16,18). The van der Waals surface area contributed by atoms with Crippen LogP contribution in [0.3, 0.4) is 0 Å². The Morgan fingerprint density at radius 1 is 1.33 bits per heavy atom. The van der Waals surface area contributed by atoms with Crippen LogP contribution in [0.25, 0.3) is 16.6 Å². The molecule has 0 unspecified atom stereocenters. The number of rotatable bonds is 1. The Morgan fingerprint density at radius 2 is 2.17 bits per heavy atom. The SMILES string of the molecule is Cc1cc2c(cnn2-c2cccc(F)c2)c(=O)[nH]1. The molecule has 0 saturated heterocycles. The van der Waals surface area contributed by atoms with Gasteiger partial charge in [-0.3, -0.25) is 4.79 Å². The maximum absolute atomic E-state index is 13.2. The lowest BCUT2D eigenvalue weighted by Crippen LogP contribution is -2.07. The maximum atomic E-state index is 13.2. The first-order chi connectivity index (χ1) is 8.65. The molecule has 90 valence electrons. The molecule has 0 radical (unpaired) electrons. The van der Waals surface area contributed by atoms with Crippen molar-refractivity contribution in [3.05, 3.63) is 58.4 Å². The predicted octanol–water partition coefficient (Wildman–Crippen LogP) is 2.16. The van der Waals surface area contributed by atoms with E-state index in [0.29, 0.717) is 16.6 Å². The molecule has 18 heavy (non-hydrogen) atoms. The molecule has 2 heterocycles. The number of halogens is 1. The zero-order valence-electron chi connectivity index (χ0n) is 9.64. The minimum absolute atomic E-state index is 0.187. The summed E-state index contributed by atoms with van der Waals surface area (Å²) in [7, 11) is 0. The molecule has 0 bridgehead atoms. The van der Waals surface area contributed by atoms with Crippen molar-refractivity contribution in [3.63, 3.8) is 0 Å². The van der Waals surface area contributed by atoms with Gasteiger partial charge in [0.25, 0.3) is 5.56 Å². The summed E-state index contributed by atoms with van der Waals surface area (Å²) in [6.07, 6.45) is 1.48. The maximum Gasteiger partial charge on any atom is 0.259 e. The number of nitrogens with one attached hydrogen (secondary N) is 1. The van der Waals surface area contributed by atoms with Gasteiger partial charge in [-0.1, -0.05) is 6.07 Å². The van der Waals surface area contributed by atoms with Gasteiger partial charge in [0.05, 0.1) is 22.8 Å². The number of nitrogens with zero attached hydrogens (tertiary/aromatic N) is 2. The molecule has 0 spiro atoms. The highest BCUT2D eigenvalue weighted by molar-refractivity contribution is 5.79. The highest BCUT2D eigenvalue weighted by atomic mass is 19.1. The summed E-state index contributed by atoms with van der Waals surface area (Å²) in [5.74, 6) is -0.335. The molecule has 3 aromatic rings. The van der Waals surface area contributed by atoms with Crippen molar-refractivity contribution in [2.24, 2.45) is 0 Å². The third kappa shape index (κ3) is 1.60. The lowest BCUT2D eigenvalue weighted by molar-refractivity contribution is 0.626. The summed E-state index contributed by atoms with van der Waals surface area (Å²) in [5.41, 5.74) is 1.81. The van der Waals surface area contributed by atoms with E-state index in [9.17, 15) is 9.18 Å². The number of benzene rings is 1. The molecule has 0 aliphatic carbocycles. The van der Waals surface area contributed by atoms with Crippen LogP contribution in [0.1, 0.15) is 5.69 Å². The van der Waals surface area contributed by atoms with Gasteiger partial charge in [0.2, 0.25) is 0 Å². The van der Waals surface area contributed by atoms with E-state index >= 15 is 0 Å². The molecule has 0 aliphatic heterocycles. The molecule has 0 fully saturated rings. The van der Waals surface area contributed by atoms with Gasteiger partial charge in [0, 0.05) is 5.69 Å². The van der Waals surface area contributed by atoms with Crippen LogP contribution in [0, 0.1) is 12.7 Å². The van der Waals surface area contributed by atoms with Crippen LogP contribution in [0.2, 0.25) is 0 Å². The van der Waals surface area contributed by atoms with Crippen LogP contribution in [0.4, 0.5) is 4.39 Å². The molecule has 2 aromatic heterocycles. The normalized spacial score (nSPS) is 11.0. The largest absolute Gasteiger partial charge is 0.326 e. The summed E-state index contributed by atoms with van der Waals surface area (Å²) in [6, 6.07) is 7.91. The van der Waals surface area contributed by atoms with Gasteiger partial charge >= 0.3 is 0 Å². The first-order valence-corrected chi connectivity index (χ1v) is 5.49. The van der Waals surface area contributed by atoms with E-state index in [0.717, 1.165) is 5.69 Å². The van der Waals surface area contributed by atoms with Crippen molar-refractivity contribution in [1.82, 2.24) is 14.8 Å². The average Bonchev–Trinajstić information content (AvgIpc) is 2.72. The topological polar surface area (TPSA) is 50.7 Å². The third-order valence-corrected chi connectivity index (χ3v) is 2.77. The van der Waals surface area contributed by atoms with E-state index in [1.807, 2.05) is 6.07 Å². The third-order valence-electron chi connectivity index (χ3n) is 2.77. The molecular weight excluding hydrogens is 233 g/mol. The van der Waals surface area contributed by atoms with E-state index < -0.39 is 0 Å². The Kier molecular flexibility index (Phi) is 2.26. The van der Waals surface area contributed by atoms with Gasteiger partial charge in [0.1, 0.15) is 5.82 Å². The average molecular weight is 243 g/mol. The molecule has 3 rings (SSSR count). The van der Waals surface area contributed by atoms with Crippen molar-refractivity contribution in [3.8, 4) is 5.69 Å². The predicted molar refractivity (Wildman–Crippen MR) is 66.4 cm³/mol. The van der Waals surface area contributed by atoms with Crippen molar-refractivity contribution < 1.29 is 4.39 Å². The molecule has 0 atom stereocenters. The molecule has 4 nitrogen and oxygen atoms in total. The van der Waals surface area contributed by atoms with Crippen LogP contribution in [-0.2, 0) is 0 Å². The number of hydrogen-bond donors (Lipinski definition) is 1. The van der Waals surface area contributed by atoms with Crippen LogP contribution < -0.4 is 5.56 Å². The lowest BCUT2D eigenvalue weighted by atomic mass is 10.2. The summed E-state index contributed by atoms with van der Waals surface area (Å²) < 4.78 is 14.8. The van der Waals surface area contributed by atoms with E-state index in [-0.39, 0.29) is 11.4 Å². The summed E-state index contributed by atoms with van der Waals surface area (Å²) in [6.45, 7) is 1.80. The second kappa shape index (κ2) is 3.80. The summed E-state index contributed by atoms with van der Waals surface area (Å²) >= 11 is 0. The van der Waals surface area contributed by atoms with Gasteiger partial charge in [-0.2, -0.15) is 5.10 Å². The first-order valence-electron chi connectivity index (χ1n) is 5.49. The van der Waals surface area contributed by atoms with Gasteiger partial charge < -0.3 is 4.98 Å². The van der Waals surface area contributed by atoms with Gasteiger partial charge in [-0.15, -0.1) is 0 Å². The monoisotopic (exact) mass is 243 g/mol. The Hall–Kier alpha value is -2.43. The zero-order valence-corrected chi connectivity index (χ0v) is 9.64. The molecule has 0 aliphatic rings. The Balaban J connectivity index is 2.34. The lowest BCUT2D eigenvalue weighted by Gasteiger charge is -2.03. The molecule has 5 heteroatoms. The first kappa shape index (κ1) is 10.7. The van der Waals surface area contributed by atoms with Crippen molar-refractivity contribution in [2.75, 3.05) is 0 Å². The van der Waals surface area contributed by atoms with Gasteiger partial charge in [-0.25, -0.2) is 9.07 Å². The fourth-order valence-electron chi connectivity index (χ4n) is 1.97. The molecular formula is C13H10FN3O. The fourth-order valence-corrected chi connectivity index (χ4v) is 1.97. The number of H-pyrrole nitrogens is 1. The van der Waals surface area contributed by atoms with E-state index in [2.05, 4.69) is 10.1 Å². The van der Waals surface area contributed by atoms with E-state index in [1.54, 1.807) is 23.7 Å². The zero-order chi connectivity index (χ0) is 12.7. The number of hydrogen-bond acceptors (Lipinski definition) is 2. The summed E-state index contributed by atoms with van der Waals surface area (Å²) in [4.78, 5) is 14.4. The van der Waals surface area contributed by atoms with Crippen LogP contribution in [0.15, 0.2) is 41.3 Å². The fraction of sp³-hybridized carbons (Fsp3) is 0.0769. The number of aromatic amines is 1. The minimum atomic E-state index is -0.335.